The summed E-state index contributed by atoms with van der Waals surface area (Å²) in [5.41, 5.74) is 3.55. The topological polar surface area (TPSA) is 74.9 Å². The fourth-order valence-electron chi connectivity index (χ4n) is 1.91. The number of hydrogen-bond donors (Lipinski definition) is 3. The Morgan fingerprint density at radius 3 is 2.68 bits per heavy atom. The molecule has 2 rings (SSSR count). The van der Waals surface area contributed by atoms with Gasteiger partial charge in [0.25, 0.3) is 0 Å². The van der Waals surface area contributed by atoms with Crippen molar-refractivity contribution in [1.82, 2.24) is 10.3 Å². The molecule has 1 aliphatic rings. The molecule has 1 aromatic carbocycles. The molecule has 0 atom stereocenters. The highest BCUT2D eigenvalue weighted by molar-refractivity contribution is 5.93. The van der Waals surface area contributed by atoms with Crippen LogP contribution in [0.2, 0.25) is 0 Å². The number of nitrogens with one attached hydrogen (secondary N) is 2. The van der Waals surface area contributed by atoms with Crippen LogP contribution in [0.5, 0.6) is 0 Å². The molecule has 0 aromatic heterocycles. The average Bonchev–Trinajstić information content (AvgIpc) is 2.48. The number of aliphatic imine (C=N–C) groups is 1. The van der Waals surface area contributed by atoms with Gasteiger partial charge in [0.05, 0.1) is 19.8 Å². The zero-order chi connectivity index (χ0) is 13.3. The molecule has 0 saturated carbocycles. The molecule has 6 nitrogen and oxygen atoms in total. The summed E-state index contributed by atoms with van der Waals surface area (Å²) in [6, 6.07) is 9.83. The summed E-state index contributed by atoms with van der Waals surface area (Å²) in [5, 5.41) is 3.14. The minimum absolute atomic E-state index is 0.583. The Balaban J connectivity index is 1.78. The summed E-state index contributed by atoms with van der Waals surface area (Å²) in [7, 11) is 0. The molecule has 0 amide bonds. The van der Waals surface area contributed by atoms with Crippen molar-refractivity contribution in [2.45, 2.75) is 0 Å². The lowest BCUT2D eigenvalue weighted by molar-refractivity contribution is 0.0394. The van der Waals surface area contributed by atoms with E-state index < -0.39 is 0 Å². The van der Waals surface area contributed by atoms with E-state index in [0.717, 1.165) is 38.5 Å². The summed E-state index contributed by atoms with van der Waals surface area (Å²) in [6.07, 6.45) is 0. The molecular weight excluding hydrogens is 242 g/mol. The first-order chi connectivity index (χ1) is 9.38. The second-order valence-electron chi connectivity index (χ2n) is 4.32. The normalized spacial score (nSPS) is 17.2. The Morgan fingerprint density at radius 2 is 2.00 bits per heavy atom. The van der Waals surface area contributed by atoms with Crippen molar-refractivity contribution in [3.05, 3.63) is 30.3 Å². The predicted molar refractivity (Wildman–Crippen MR) is 76.9 cm³/mol. The number of para-hydroxylation sites is 1. The zero-order valence-corrected chi connectivity index (χ0v) is 11.0. The molecule has 1 aromatic rings. The van der Waals surface area contributed by atoms with Crippen LogP contribution < -0.4 is 16.6 Å². The van der Waals surface area contributed by atoms with E-state index in [0.29, 0.717) is 12.5 Å². The average molecular weight is 263 g/mol. The standard InChI is InChI=1S/C13H21N5O/c14-17-13(16-12-4-2-1-3-5-12)15-6-7-18-8-10-19-11-9-18/h1-5H,6-11,14H2,(H2,15,16,17). The molecule has 19 heavy (non-hydrogen) atoms. The zero-order valence-electron chi connectivity index (χ0n) is 11.0. The maximum absolute atomic E-state index is 5.46. The third-order valence-corrected chi connectivity index (χ3v) is 2.96. The lowest BCUT2D eigenvalue weighted by Crippen LogP contribution is -2.39. The van der Waals surface area contributed by atoms with Crippen LogP contribution in [-0.2, 0) is 4.74 Å². The smallest absolute Gasteiger partial charge is 0.210 e. The van der Waals surface area contributed by atoms with Gasteiger partial charge in [-0.05, 0) is 12.1 Å². The van der Waals surface area contributed by atoms with Crippen LogP contribution in [0, 0.1) is 0 Å². The molecule has 0 bridgehead atoms. The monoisotopic (exact) mass is 263 g/mol. The van der Waals surface area contributed by atoms with Gasteiger partial charge in [-0.2, -0.15) is 0 Å². The first-order valence-electron chi connectivity index (χ1n) is 6.52. The van der Waals surface area contributed by atoms with Gasteiger partial charge in [0.2, 0.25) is 5.96 Å². The van der Waals surface area contributed by atoms with Gasteiger partial charge in [-0.15, -0.1) is 0 Å². The van der Waals surface area contributed by atoms with E-state index in [2.05, 4.69) is 20.6 Å². The molecule has 1 saturated heterocycles. The maximum atomic E-state index is 5.46. The highest BCUT2D eigenvalue weighted by Gasteiger charge is 2.09. The van der Waals surface area contributed by atoms with Gasteiger partial charge >= 0.3 is 0 Å². The summed E-state index contributed by atoms with van der Waals surface area (Å²) < 4.78 is 5.31. The molecule has 6 heteroatoms. The fraction of sp³-hybridized carbons (Fsp3) is 0.462. The summed E-state index contributed by atoms with van der Waals surface area (Å²) in [6.45, 7) is 5.21. The lowest BCUT2D eigenvalue weighted by atomic mass is 10.3. The number of guanidine groups is 1. The van der Waals surface area contributed by atoms with Gasteiger partial charge in [-0.25, -0.2) is 5.84 Å². The van der Waals surface area contributed by atoms with Crippen molar-refractivity contribution in [2.75, 3.05) is 44.7 Å². The first kappa shape index (κ1) is 13.8. The minimum Gasteiger partial charge on any atom is -0.379 e. The molecule has 104 valence electrons. The molecule has 0 spiro atoms. The SMILES string of the molecule is NNC(=NCCN1CCOCC1)Nc1ccccc1. The number of rotatable bonds is 4. The van der Waals surface area contributed by atoms with Crippen molar-refractivity contribution in [1.29, 1.82) is 0 Å². The number of nitrogens with zero attached hydrogens (tertiary/aromatic N) is 2. The van der Waals surface area contributed by atoms with E-state index in [1.54, 1.807) is 0 Å². The Bertz CT molecular complexity index is 389. The van der Waals surface area contributed by atoms with E-state index in [1.807, 2.05) is 30.3 Å². The largest absolute Gasteiger partial charge is 0.379 e. The maximum Gasteiger partial charge on any atom is 0.210 e. The van der Waals surface area contributed by atoms with Gasteiger partial charge < -0.3 is 10.1 Å². The summed E-state index contributed by atoms with van der Waals surface area (Å²) >= 11 is 0. The minimum atomic E-state index is 0.583. The number of benzene rings is 1. The third kappa shape index (κ3) is 4.86. The lowest BCUT2D eigenvalue weighted by Gasteiger charge is -2.25. The number of anilines is 1. The van der Waals surface area contributed by atoms with E-state index in [9.17, 15) is 0 Å². The predicted octanol–water partition coefficient (Wildman–Crippen LogP) is 0.250. The van der Waals surface area contributed by atoms with Crippen molar-refractivity contribution in [3.63, 3.8) is 0 Å². The van der Waals surface area contributed by atoms with Crippen LogP contribution >= 0.6 is 0 Å². The van der Waals surface area contributed by atoms with Gasteiger partial charge in [-0.1, -0.05) is 18.2 Å². The molecule has 1 fully saturated rings. The Hall–Kier alpha value is -1.63. The third-order valence-electron chi connectivity index (χ3n) is 2.96. The molecule has 1 heterocycles. The van der Waals surface area contributed by atoms with Crippen LogP contribution in [-0.4, -0.2) is 50.3 Å². The van der Waals surface area contributed by atoms with Gasteiger partial charge in [0.1, 0.15) is 0 Å². The summed E-state index contributed by atoms with van der Waals surface area (Å²) in [5.74, 6) is 6.05. The Labute approximate surface area is 113 Å². The fourth-order valence-corrected chi connectivity index (χ4v) is 1.91. The number of hydrazine groups is 1. The van der Waals surface area contributed by atoms with E-state index in [4.69, 9.17) is 10.6 Å². The molecule has 1 aliphatic heterocycles. The summed E-state index contributed by atoms with van der Waals surface area (Å²) in [4.78, 5) is 6.76. The van der Waals surface area contributed by atoms with Gasteiger partial charge in [-0.3, -0.25) is 15.3 Å². The molecular formula is C13H21N5O. The second kappa shape index (κ2) is 7.73. The van der Waals surface area contributed by atoms with E-state index in [-0.39, 0.29) is 0 Å². The number of ether oxygens (including phenoxy) is 1. The van der Waals surface area contributed by atoms with Crippen LogP contribution in [0.3, 0.4) is 0 Å². The Morgan fingerprint density at radius 1 is 1.26 bits per heavy atom. The number of nitrogens with two attached hydrogens (primary N) is 1. The van der Waals surface area contributed by atoms with Crippen LogP contribution in [0.15, 0.2) is 35.3 Å². The van der Waals surface area contributed by atoms with Gasteiger partial charge in [0, 0.05) is 25.3 Å². The number of morpholine rings is 1. The Kier molecular flexibility index (Phi) is 5.61. The second-order valence-corrected chi connectivity index (χ2v) is 4.32. The quantitative estimate of drug-likeness (QED) is 0.314. The van der Waals surface area contributed by atoms with Crippen LogP contribution in [0.1, 0.15) is 0 Å². The van der Waals surface area contributed by atoms with Crippen molar-refractivity contribution in [2.24, 2.45) is 10.8 Å². The van der Waals surface area contributed by atoms with Gasteiger partial charge in [0.15, 0.2) is 0 Å². The van der Waals surface area contributed by atoms with Crippen molar-refractivity contribution in [3.8, 4) is 0 Å². The molecule has 4 N–H and O–H groups in total. The van der Waals surface area contributed by atoms with Crippen LogP contribution in [0.4, 0.5) is 5.69 Å². The van der Waals surface area contributed by atoms with Crippen molar-refractivity contribution < 1.29 is 4.74 Å². The van der Waals surface area contributed by atoms with Crippen LogP contribution in [0.25, 0.3) is 0 Å². The molecule has 0 aliphatic carbocycles. The first-order valence-corrected chi connectivity index (χ1v) is 6.52. The van der Waals surface area contributed by atoms with Crippen molar-refractivity contribution >= 4 is 11.6 Å². The highest BCUT2D eigenvalue weighted by atomic mass is 16.5. The molecule has 0 radical (unpaired) electrons. The molecule has 0 unspecified atom stereocenters. The van der Waals surface area contributed by atoms with E-state index in [1.165, 1.54) is 0 Å². The van der Waals surface area contributed by atoms with E-state index >= 15 is 0 Å². The highest BCUT2D eigenvalue weighted by Crippen LogP contribution is 2.04. The number of hydrogen-bond acceptors (Lipinski definition) is 4.